The van der Waals surface area contributed by atoms with Gasteiger partial charge >= 0.3 is 0 Å². The lowest BCUT2D eigenvalue weighted by atomic mass is 9.99. The maximum atomic E-state index is 6.38. The zero-order chi connectivity index (χ0) is 29.0. The molecule has 0 amide bonds. The van der Waals surface area contributed by atoms with E-state index in [9.17, 15) is 0 Å². The largest absolute Gasteiger partial charge is 0.456 e. The minimum absolute atomic E-state index is 0.849. The summed E-state index contributed by atoms with van der Waals surface area (Å²) < 4.78 is 12.7. The monoisotopic (exact) mass is 564 g/mol. The van der Waals surface area contributed by atoms with Gasteiger partial charge in [-0.15, -0.1) is 0 Å². The Kier molecular flexibility index (Phi) is 5.47. The van der Waals surface area contributed by atoms with Crippen molar-refractivity contribution in [3.8, 4) is 44.9 Å². The van der Waals surface area contributed by atoms with Gasteiger partial charge in [-0.3, -0.25) is 4.98 Å². The summed E-state index contributed by atoms with van der Waals surface area (Å²) in [4.78, 5) is 9.38. The van der Waals surface area contributed by atoms with Crippen molar-refractivity contribution in [2.24, 2.45) is 0 Å². The highest BCUT2D eigenvalue weighted by atomic mass is 16.3. The Bertz CT molecular complexity index is 2490. The van der Waals surface area contributed by atoms with E-state index in [4.69, 9.17) is 13.8 Å². The molecule has 0 aliphatic heterocycles. The van der Waals surface area contributed by atoms with Crippen molar-refractivity contribution in [1.29, 1.82) is 0 Å². The molecule has 0 saturated heterocycles. The van der Waals surface area contributed by atoms with Crippen LogP contribution in [0.15, 0.2) is 155 Å². The molecule has 4 heterocycles. The molecule has 4 nitrogen and oxygen atoms in total. The zero-order valence-corrected chi connectivity index (χ0v) is 23.6. The zero-order valence-electron chi connectivity index (χ0n) is 23.6. The normalized spacial score (nSPS) is 11.6. The fourth-order valence-electron chi connectivity index (χ4n) is 6.15. The van der Waals surface area contributed by atoms with Crippen molar-refractivity contribution < 1.29 is 8.83 Å². The van der Waals surface area contributed by atoms with Gasteiger partial charge in [-0.2, -0.15) is 0 Å². The van der Waals surface area contributed by atoms with Gasteiger partial charge in [-0.25, -0.2) is 4.98 Å². The molecule has 0 saturated carbocycles. The van der Waals surface area contributed by atoms with E-state index in [0.717, 1.165) is 83.2 Å². The molecule has 0 aliphatic carbocycles. The van der Waals surface area contributed by atoms with E-state index < -0.39 is 0 Å². The predicted molar refractivity (Wildman–Crippen MR) is 178 cm³/mol. The second kappa shape index (κ2) is 9.79. The topological polar surface area (TPSA) is 52.1 Å². The number of benzene rings is 5. The molecule has 0 N–H and O–H groups in total. The van der Waals surface area contributed by atoms with E-state index in [1.54, 1.807) is 6.20 Å². The summed E-state index contributed by atoms with van der Waals surface area (Å²) in [6.07, 6.45) is 1.79. The molecule has 0 radical (unpaired) electrons. The van der Waals surface area contributed by atoms with Gasteiger partial charge in [0.05, 0.1) is 17.1 Å². The molecule has 206 valence electrons. The maximum absolute atomic E-state index is 6.38. The van der Waals surface area contributed by atoms with Crippen LogP contribution < -0.4 is 0 Å². The molecule has 44 heavy (non-hydrogen) atoms. The van der Waals surface area contributed by atoms with Gasteiger partial charge in [0, 0.05) is 33.3 Å². The summed E-state index contributed by atoms with van der Waals surface area (Å²) >= 11 is 0. The van der Waals surface area contributed by atoms with Crippen molar-refractivity contribution in [3.05, 3.63) is 146 Å². The molecule has 0 unspecified atom stereocenters. The molecule has 0 spiro atoms. The molecule has 0 atom stereocenters. The van der Waals surface area contributed by atoms with Crippen LogP contribution in [0.3, 0.4) is 0 Å². The highest BCUT2D eigenvalue weighted by Crippen LogP contribution is 2.39. The van der Waals surface area contributed by atoms with Gasteiger partial charge in [0.15, 0.2) is 0 Å². The minimum Gasteiger partial charge on any atom is -0.456 e. The van der Waals surface area contributed by atoms with Crippen LogP contribution in [0.25, 0.3) is 88.8 Å². The van der Waals surface area contributed by atoms with Crippen molar-refractivity contribution in [1.82, 2.24) is 9.97 Å². The van der Waals surface area contributed by atoms with E-state index in [1.165, 1.54) is 5.56 Å². The summed E-state index contributed by atoms with van der Waals surface area (Å²) in [7, 11) is 0. The fraction of sp³-hybridized carbons (Fsp3) is 0. The predicted octanol–water partition coefficient (Wildman–Crippen LogP) is 10.9. The van der Waals surface area contributed by atoms with Gasteiger partial charge in [0.25, 0.3) is 0 Å². The molecule has 4 heteroatoms. The molecule has 9 rings (SSSR count). The van der Waals surface area contributed by atoms with Crippen molar-refractivity contribution >= 4 is 43.9 Å². The van der Waals surface area contributed by atoms with Gasteiger partial charge in [0.1, 0.15) is 22.3 Å². The first kappa shape index (κ1) is 24.6. The van der Waals surface area contributed by atoms with E-state index in [2.05, 4.69) is 102 Å². The van der Waals surface area contributed by atoms with Crippen LogP contribution in [-0.4, -0.2) is 9.97 Å². The molecule has 9 aromatic rings. The highest BCUT2D eigenvalue weighted by molar-refractivity contribution is 6.15. The Labute approximate surface area is 252 Å². The van der Waals surface area contributed by atoms with E-state index in [0.29, 0.717) is 0 Å². The Hall–Kier alpha value is -6.00. The van der Waals surface area contributed by atoms with Gasteiger partial charge in [0.2, 0.25) is 0 Å². The number of aromatic nitrogens is 2. The molecule has 4 aromatic heterocycles. The van der Waals surface area contributed by atoms with Gasteiger partial charge in [-0.05, 0) is 89.0 Å². The summed E-state index contributed by atoms with van der Waals surface area (Å²) in [5, 5.41) is 4.24. The third kappa shape index (κ3) is 4.08. The number of fused-ring (bicyclic) bond motifs is 6. The maximum Gasteiger partial charge on any atom is 0.136 e. The van der Waals surface area contributed by atoms with E-state index in [1.807, 2.05) is 42.5 Å². The Morgan fingerprint density at radius 1 is 0.341 bits per heavy atom. The third-order valence-corrected chi connectivity index (χ3v) is 8.34. The van der Waals surface area contributed by atoms with Crippen LogP contribution in [0.4, 0.5) is 0 Å². The number of hydrogen-bond acceptors (Lipinski definition) is 4. The summed E-state index contributed by atoms with van der Waals surface area (Å²) in [5.74, 6) is 0. The number of rotatable bonds is 4. The number of nitrogens with zero attached hydrogens (tertiary/aromatic N) is 2. The van der Waals surface area contributed by atoms with Gasteiger partial charge < -0.3 is 8.83 Å². The Morgan fingerprint density at radius 3 is 1.59 bits per heavy atom. The molecule has 5 aromatic carbocycles. The average molecular weight is 565 g/mol. The van der Waals surface area contributed by atoms with Crippen LogP contribution in [0.2, 0.25) is 0 Å². The van der Waals surface area contributed by atoms with Crippen molar-refractivity contribution in [2.45, 2.75) is 0 Å². The molecule has 0 fully saturated rings. The standard InChI is InChI=1S/C40H24N2O2/c1-2-8-25(9-3-1)27-15-17-37-30(21-27)32-23-40-33(24-39(32)43-37)31-22-28(16-18-38(31)44-40)26-10-6-11-29(20-26)34-13-7-14-36(42-34)35-12-4-5-19-41-35/h1-24H. The molecular weight excluding hydrogens is 540 g/mol. The summed E-state index contributed by atoms with van der Waals surface area (Å²) in [6, 6.07) is 47.9. The smallest absolute Gasteiger partial charge is 0.136 e. The quantitative estimate of drug-likeness (QED) is 0.213. The summed E-state index contributed by atoms with van der Waals surface area (Å²) in [5.41, 5.74) is 11.7. The Balaban J connectivity index is 1.13. The lowest BCUT2D eigenvalue weighted by molar-refractivity contribution is 0.664. The Morgan fingerprint density at radius 2 is 0.886 bits per heavy atom. The first-order valence-electron chi connectivity index (χ1n) is 14.6. The van der Waals surface area contributed by atoms with Crippen LogP contribution >= 0.6 is 0 Å². The second-order valence-corrected chi connectivity index (χ2v) is 11.0. The third-order valence-electron chi connectivity index (χ3n) is 8.34. The molecule has 0 bridgehead atoms. The lowest BCUT2D eigenvalue weighted by Gasteiger charge is -2.07. The van der Waals surface area contributed by atoms with E-state index >= 15 is 0 Å². The van der Waals surface area contributed by atoms with Crippen LogP contribution in [0, 0.1) is 0 Å². The number of hydrogen-bond donors (Lipinski definition) is 0. The minimum atomic E-state index is 0.849. The van der Waals surface area contributed by atoms with Crippen molar-refractivity contribution in [2.75, 3.05) is 0 Å². The van der Waals surface area contributed by atoms with Crippen molar-refractivity contribution in [3.63, 3.8) is 0 Å². The van der Waals surface area contributed by atoms with Gasteiger partial charge in [-0.1, -0.05) is 72.8 Å². The van der Waals surface area contributed by atoms with Crippen LogP contribution in [0.1, 0.15) is 0 Å². The number of pyridine rings is 2. The highest BCUT2D eigenvalue weighted by Gasteiger charge is 2.15. The van der Waals surface area contributed by atoms with Crippen LogP contribution in [-0.2, 0) is 0 Å². The lowest BCUT2D eigenvalue weighted by Crippen LogP contribution is -1.90. The fourth-order valence-corrected chi connectivity index (χ4v) is 6.15. The molecule has 0 aliphatic rings. The molecular formula is C40H24N2O2. The second-order valence-electron chi connectivity index (χ2n) is 11.0. The average Bonchev–Trinajstić information content (AvgIpc) is 3.64. The number of furan rings is 2. The van der Waals surface area contributed by atoms with E-state index in [-0.39, 0.29) is 0 Å². The SMILES string of the molecule is c1ccc(-c2ccc3oc4cc5c(cc4c3c2)oc2ccc(-c3cccc(-c4cccc(-c6ccccn6)n4)c3)cc25)cc1. The van der Waals surface area contributed by atoms with Crippen LogP contribution in [0.5, 0.6) is 0 Å². The first-order chi connectivity index (χ1) is 21.8. The summed E-state index contributed by atoms with van der Waals surface area (Å²) in [6.45, 7) is 0. The first-order valence-corrected chi connectivity index (χ1v) is 14.6.